The van der Waals surface area contributed by atoms with Gasteiger partial charge in [0.1, 0.15) is 13.2 Å². The van der Waals surface area contributed by atoms with E-state index in [4.69, 9.17) is 9.47 Å². The molecule has 2 heterocycles. The first-order valence-electron chi connectivity index (χ1n) is 10.1. The zero-order valence-electron chi connectivity index (χ0n) is 15.7. The van der Waals surface area contributed by atoms with Crippen LogP contribution in [0.5, 0.6) is 0 Å². The van der Waals surface area contributed by atoms with Crippen molar-refractivity contribution < 1.29 is 19.1 Å². The maximum atomic E-state index is 12.4. The molecule has 0 N–H and O–H groups in total. The molecule has 1 saturated carbocycles. The van der Waals surface area contributed by atoms with Crippen LogP contribution in [-0.2, 0) is 16.1 Å². The number of carbonyl (C=O) groups excluding carboxylic acids is 2. The number of amides is 2. The normalized spacial score (nSPS) is 26.9. The van der Waals surface area contributed by atoms with Gasteiger partial charge in [-0.15, -0.1) is 0 Å². The minimum Gasteiger partial charge on any atom is -0.447 e. The van der Waals surface area contributed by atoms with Crippen molar-refractivity contribution in [2.45, 2.75) is 44.8 Å². The van der Waals surface area contributed by atoms with Gasteiger partial charge in [0.2, 0.25) is 0 Å². The number of hydrogen-bond donors (Lipinski definition) is 0. The van der Waals surface area contributed by atoms with Gasteiger partial charge in [0, 0.05) is 19.6 Å². The Balaban J connectivity index is 1.23. The molecule has 1 aliphatic carbocycles. The van der Waals surface area contributed by atoms with Crippen molar-refractivity contribution in [1.82, 2.24) is 9.80 Å². The van der Waals surface area contributed by atoms with Crippen LogP contribution in [-0.4, -0.2) is 54.3 Å². The summed E-state index contributed by atoms with van der Waals surface area (Å²) in [6, 6.07) is 9.56. The van der Waals surface area contributed by atoms with E-state index in [9.17, 15) is 9.59 Å². The topological polar surface area (TPSA) is 59.1 Å². The van der Waals surface area contributed by atoms with E-state index in [-0.39, 0.29) is 31.4 Å². The van der Waals surface area contributed by atoms with Crippen LogP contribution in [0.15, 0.2) is 30.3 Å². The summed E-state index contributed by atoms with van der Waals surface area (Å²) in [6.07, 6.45) is 4.97. The minimum atomic E-state index is -0.326. The number of benzene rings is 1. The standard InChI is InChI=1S/C21H28N2O4/c24-20(22-12-17-8-4-9-18(17)13-22)27-15-19-10-5-11-23(19)21(25)26-14-16-6-2-1-3-7-16/h1-3,6-7,17-19H,4-5,8-15H2/t17?,18?,19-/m0/s1. The molecule has 6 nitrogen and oxygen atoms in total. The van der Waals surface area contributed by atoms with Crippen molar-refractivity contribution >= 4 is 12.2 Å². The quantitative estimate of drug-likeness (QED) is 0.809. The van der Waals surface area contributed by atoms with E-state index >= 15 is 0 Å². The summed E-state index contributed by atoms with van der Waals surface area (Å²) in [5.74, 6) is 1.32. The molecule has 3 atom stereocenters. The molecule has 0 radical (unpaired) electrons. The number of hydrogen-bond acceptors (Lipinski definition) is 4. The van der Waals surface area contributed by atoms with E-state index in [1.807, 2.05) is 35.2 Å². The third-order valence-corrected chi connectivity index (χ3v) is 6.20. The van der Waals surface area contributed by atoms with Crippen molar-refractivity contribution in [2.75, 3.05) is 26.2 Å². The monoisotopic (exact) mass is 372 g/mol. The zero-order valence-corrected chi connectivity index (χ0v) is 15.7. The van der Waals surface area contributed by atoms with E-state index in [1.165, 1.54) is 19.3 Å². The van der Waals surface area contributed by atoms with Gasteiger partial charge < -0.3 is 19.3 Å². The lowest BCUT2D eigenvalue weighted by atomic mass is 10.0. The molecule has 0 aromatic heterocycles. The average Bonchev–Trinajstić information content (AvgIpc) is 3.40. The Hall–Kier alpha value is -2.24. The summed E-state index contributed by atoms with van der Waals surface area (Å²) in [5, 5.41) is 0. The van der Waals surface area contributed by atoms with Gasteiger partial charge in [0.05, 0.1) is 6.04 Å². The number of carbonyl (C=O) groups is 2. The molecule has 4 rings (SSSR count). The summed E-state index contributed by atoms with van der Waals surface area (Å²) >= 11 is 0. The Morgan fingerprint density at radius 3 is 2.41 bits per heavy atom. The fourth-order valence-electron chi connectivity index (χ4n) is 4.69. The van der Waals surface area contributed by atoms with Crippen molar-refractivity contribution in [2.24, 2.45) is 11.8 Å². The molecule has 0 bridgehead atoms. The van der Waals surface area contributed by atoms with Gasteiger partial charge >= 0.3 is 12.2 Å². The Bertz CT molecular complexity index is 653. The van der Waals surface area contributed by atoms with Gasteiger partial charge in [-0.1, -0.05) is 36.8 Å². The lowest BCUT2D eigenvalue weighted by Gasteiger charge is -2.25. The van der Waals surface area contributed by atoms with Gasteiger partial charge in [0.25, 0.3) is 0 Å². The fourth-order valence-corrected chi connectivity index (χ4v) is 4.69. The summed E-state index contributed by atoms with van der Waals surface area (Å²) < 4.78 is 11.0. The SMILES string of the molecule is O=C(OC[C@@H]1CCCN1C(=O)OCc1ccccc1)N1CC2CCCC2C1. The van der Waals surface area contributed by atoms with Gasteiger partial charge in [-0.2, -0.15) is 0 Å². The number of nitrogens with zero attached hydrogens (tertiary/aromatic N) is 2. The highest BCUT2D eigenvalue weighted by Gasteiger charge is 2.39. The van der Waals surface area contributed by atoms with Crippen LogP contribution in [0, 0.1) is 11.8 Å². The van der Waals surface area contributed by atoms with Crippen molar-refractivity contribution in [3.05, 3.63) is 35.9 Å². The Labute approximate surface area is 160 Å². The van der Waals surface area contributed by atoms with Crippen molar-refractivity contribution in [3.8, 4) is 0 Å². The highest BCUT2D eigenvalue weighted by atomic mass is 16.6. The van der Waals surface area contributed by atoms with E-state index in [1.54, 1.807) is 4.90 Å². The largest absolute Gasteiger partial charge is 0.447 e. The van der Waals surface area contributed by atoms with E-state index in [2.05, 4.69) is 0 Å². The number of likely N-dealkylation sites (tertiary alicyclic amines) is 2. The molecule has 6 heteroatoms. The molecular formula is C21H28N2O4. The fraction of sp³-hybridized carbons (Fsp3) is 0.619. The second-order valence-electron chi connectivity index (χ2n) is 7.96. The maximum absolute atomic E-state index is 12.4. The predicted octanol–water partition coefficient (Wildman–Crippen LogP) is 3.66. The molecule has 2 amide bonds. The molecule has 0 spiro atoms. The van der Waals surface area contributed by atoms with Crippen LogP contribution < -0.4 is 0 Å². The average molecular weight is 372 g/mol. The lowest BCUT2D eigenvalue weighted by Crippen LogP contribution is -2.40. The van der Waals surface area contributed by atoms with Gasteiger partial charge in [-0.3, -0.25) is 0 Å². The molecule has 1 aromatic rings. The zero-order chi connectivity index (χ0) is 18.6. The molecule has 27 heavy (non-hydrogen) atoms. The van der Waals surface area contributed by atoms with Crippen LogP contribution in [0.3, 0.4) is 0 Å². The molecular weight excluding hydrogens is 344 g/mol. The van der Waals surface area contributed by atoms with Crippen molar-refractivity contribution in [1.29, 1.82) is 0 Å². The summed E-state index contributed by atoms with van der Waals surface area (Å²) in [7, 11) is 0. The number of rotatable bonds is 4. The minimum absolute atomic E-state index is 0.0840. The lowest BCUT2D eigenvalue weighted by molar-refractivity contribution is 0.0607. The Morgan fingerprint density at radius 2 is 1.67 bits per heavy atom. The summed E-state index contributed by atoms with van der Waals surface area (Å²) in [4.78, 5) is 28.4. The third-order valence-electron chi connectivity index (χ3n) is 6.20. The summed E-state index contributed by atoms with van der Waals surface area (Å²) in [6.45, 7) is 2.84. The molecule has 2 aliphatic heterocycles. The van der Waals surface area contributed by atoms with Gasteiger partial charge in [-0.25, -0.2) is 9.59 Å². The molecule has 3 fully saturated rings. The number of ether oxygens (including phenoxy) is 2. The molecule has 2 unspecified atom stereocenters. The smallest absolute Gasteiger partial charge is 0.410 e. The maximum Gasteiger partial charge on any atom is 0.410 e. The highest BCUT2D eigenvalue weighted by molar-refractivity contribution is 5.69. The second-order valence-corrected chi connectivity index (χ2v) is 7.96. The second kappa shape index (κ2) is 8.19. The van der Waals surface area contributed by atoms with Crippen LogP contribution in [0.25, 0.3) is 0 Å². The predicted molar refractivity (Wildman–Crippen MR) is 100 cm³/mol. The van der Waals surface area contributed by atoms with Crippen LogP contribution >= 0.6 is 0 Å². The van der Waals surface area contributed by atoms with Gasteiger partial charge in [0.15, 0.2) is 0 Å². The summed E-state index contributed by atoms with van der Waals surface area (Å²) in [5.41, 5.74) is 0.965. The van der Waals surface area contributed by atoms with Gasteiger partial charge in [-0.05, 0) is 43.1 Å². The molecule has 2 saturated heterocycles. The first kappa shape index (κ1) is 18.1. The number of fused-ring (bicyclic) bond motifs is 1. The van der Waals surface area contributed by atoms with Crippen LogP contribution in [0.1, 0.15) is 37.7 Å². The Kier molecular flexibility index (Phi) is 5.50. The molecule has 1 aromatic carbocycles. The Morgan fingerprint density at radius 1 is 0.926 bits per heavy atom. The first-order valence-corrected chi connectivity index (χ1v) is 10.1. The highest BCUT2D eigenvalue weighted by Crippen LogP contribution is 2.37. The van der Waals surface area contributed by atoms with E-state index < -0.39 is 0 Å². The third kappa shape index (κ3) is 4.20. The molecule has 3 aliphatic rings. The molecule has 146 valence electrons. The van der Waals surface area contributed by atoms with Crippen molar-refractivity contribution in [3.63, 3.8) is 0 Å². The van der Waals surface area contributed by atoms with E-state index in [0.29, 0.717) is 18.4 Å². The van der Waals surface area contributed by atoms with Crippen LogP contribution in [0.2, 0.25) is 0 Å². The first-order chi connectivity index (χ1) is 13.2. The van der Waals surface area contributed by atoms with E-state index in [0.717, 1.165) is 31.5 Å². The van der Waals surface area contributed by atoms with Crippen LogP contribution in [0.4, 0.5) is 9.59 Å².